The quantitative estimate of drug-likeness (QED) is 0.719. The molecule has 0 spiro atoms. The lowest BCUT2D eigenvalue weighted by Gasteiger charge is -2.08. The normalized spacial score (nSPS) is 16.1. The van der Waals surface area contributed by atoms with Crippen molar-refractivity contribution in [1.29, 1.82) is 0 Å². The van der Waals surface area contributed by atoms with E-state index in [-0.39, 0.29) is 24.3 Å². The Balaban J connectivity index is 2.23. The number of hydrogen-bond donors (Lipinski definition) is 3. The molecule has 0 saturated carbocycles. The van der Waals surface area contributed by atoms with E-state index >= 15 is 0 Å². The van der Waals surface area contributed by atoms with Crippen LogP contribution in [-0.4, -0.2) is 34.0 Å². The van der Waals surface area contributed by atoms with Crippen LogP contribution in [0, 0.1) is 6.92 Å². The van der Waals surface area contributed by atoms with Gasteiger partial charge in [0, 0.05) is 18.3 Å². The maximum absolute atomic E-state index is 11.8. The Morgan fingerprint density at radius 2 is 2.23 bits per heavy atom. The van der Waals surface area contributed by atoms with E-state index in [0.717, 1.165) is 16.8 Å². The monoisotopic (exact) mass is 305 g/mol. The summed E-state index contributed by atoms with van der Waals surface area (Å²) in [4.78, 5) is 25.5. The molecular formula is C15H19N3O4. The number of carbonyl (C=O) groups excluding carboxylic acids is 1. The Morgan fingerprint density at radius 1 is 1.50 bits per heavy atom. The predicted molar refractivity (Wildman–Crippen MR) is 81.3 cm³/mol. The zero-order valence-corrected chi connectivity index (χ0v) is 12.8. The number of carbonyl (C=O) groups is 2. The van der Waals surface area contributed by atoms with Gasteiger partial charge in [0.2, 0.25) is 5.90 Å². The second-order valence-corrected chi connectivity index (χ2v) is 5.33. The number of aromatic amines is 1. The molecule has 0 bridgehead atoms. The van der Waals surface area contributed by atoms with Gasteiger partial charge in [0.25, 0.3) is 5.91 Å². The molecule has 0 aromatic carbocycles. The lowest BCUT2D eigenvalue weighted by molar-refractivity contribution is -0.137. The van der Waals surface area contributed by atoms with E-state index in [9.17, 15) is 9.59 Å². The highest BCUT2D eigenvalue weighted by atomic mass is 16.5. The Labute approximate surface area is 128 Å². The van der Waals surface area contributed by atoms with E-state index in [1.165, 1.54) is 0 Å². The Kier molecular flexibility index (Phi) is 4.65. The first-order chi connectivity index (χ1) is 10.4. The summed E-state index contributed by atoms with van der Waals surface area (Å²) < 4.78 is 5.50. The molecule has 2 rings (SSSR count). The number of rotatable bonds is 5. The van der Waals surface area contributed by atoms with Gasteiger partial charge in [0.1, 0.15) is 5.57 Å². The fourth-order valence-corrected chi connectivity index (χ4v) is 2.11. The number of carboxylic acid groups (broad SMARTS) is 1. The van der Waals surface area contributed by atoms with Gasteiger partial charge < -0.3 is 14.8 Å². The van der Waals surface area contributed by atoms with Crippen LogP contribution in [0.1, 0.15) is 37.1 Å². The largest absolute Gasteiger partial charge is 0.481 e. The van der Waals surface area contributed by atoms with Crippen molar-refractivity contribution in [1.82, 2.24) is 10.4 Å². The molecule has 1 aliphatic heterocycles. The second-order valence-electron chi connectivity index (χ2n) is 5.33. The van der Waals surface area contributed by atoms with E-state index in [1.807, 2.05) is 20.8 Å². The third-order valence-electron chi connectivity index (χ3n) is 3.27. The summed E-state index contributed by atoms with van der Waals surface area (Å²) >= 11 is 0. The number of amides is 1. The lowest BCUT2D eigenvalue weighted by atomic mass is 10.1. The summed E-state index contributed by atoms with van der Waals surface area (Å²) in [5.41, 5.74) is 5.30. The van der Waals surface area contributed by atoms with Crippen molar-refractivity contribution >= 4 is 23.9 Å². The van der Waals surface area contributed by atoms with Crippen molar-refractivity contribution < 1.29 is 19.4 Å². The average molecular weight is 305 g/mol. The summed E-state index contributed by atoms with van der Waals surface area (Å²) in [7, 11) is 0. The van der Waals surface area contributed by atoms with Crippen LogP contribution >= 0.6 is 0 Å². The minimum atomic E-state index is -0.838. The highest BCUT2D eigenvalue weighted by Gasteiger charge is 2.25. The van der Waals surface area contributed by atoms with Gasteiger partial charge in [-0.15, -0.1) is 5.10 Å². The lowest BCUT2D eigenvalue weighted by Crippen LogP contribution is -2.16. The maximum Gasteiger partial charge on any atom is 0.303 e. The molecule has 0 aliphatic carbocycles. The number of hydrazone groups is 1. The van der Waals surface area contributed by atoms with Crippen LogP contribution in [0.3, 0.4) is 0 Å². The zero-order chi connectivity index (χ0) is 16.3. The Morgan fingerprint density at radius 3 is 2.86 bits per heavy atom. The number of hydrogen-bond acceptors (Lipinski definition) is 4. The average Bonchev–Trinajstić information content (AvgIpc) is 2.94. The first kappa shape index (κ1) is 15.8. The van der Waals surface area contributed by atoms with Crippen LogP contribution < -0.4 is 5.43 Å². The molecule has 2 heterocycles. The van der Waals surface area contributed by atoms with E-state index in [2.05, 4.69) is 15.5 Å². The number of nitrogens with zero attached hydrogens (tertiary/aromatic N) is 1. The fraction of sp³-hybridized carbons (Fsp3) is 0.400. The standard InChI is InChI=1S/C15H19N3O4/c1-8(2)22-15-11(14(21)17-18-15)6-12-9(3)10(7-16-12)4-5-13(19)20/h6-8,16H,4-5H2,1-3H3,(H,17,21)(H,19,20). The van der Waals surface area contributed by atoms with Crippen molar-refractivity contribution in [3.05, 3.63) is 28.6 Å². The molecule has 0 radical (unpaired) electrons. The molecule has 1 aromatic rings. The molecule has 22 heavy (non-hydrogen) atoms. The van der Waals surface area contributed by atoms with Gasteiger partial charge in [0.05, 0.1) is 6.10 Å². The number of aryl methyl sites for hydroxylation is 1. The van der Waals surface area contributed by atoms with Crippen LogP contribution in [0.2, 0.25) is 0 Å². The zero-order valence-electron chi connectivity index (χ0n) is 12.8. The Hall–Kier alpha value is -2.57. The second kappa shape index (κ2) is 6.46. The van der Waals surface area contributed by atoms with Crippen molar-refractivity contribution in [2.24, 2.45) is 5.10 Å². The van der Waals surface area contributed by atoms with Crippen molar-refractivity contribution in [2.45, 2.75) is 39.7 Å². The molecule has 118 valence electrons. The van der Waals surface area contributed by atoms with Crippen molar-refractivity contribution in [3.63, 3.8) is 0 Å². The molecule has 3 N–H and O–H groups in total. The van der Waals surface area contributed by atoms with E-state index < -0.39 is 5.97 Å². The summed E-state index contributed by atoms with van der Waals surface area (Å²) in [6.07, 6.45) is 3.85. The van der Waals surface area contributed by atoms with Crippen molar-refractivity contribution in [2.75, 3.05) is 0 Å². The molecule has 1 aromatic heterocycles. The third-order valence-corrected chi connectivity index (χ3v) is 3.27. The van der Waals surface area contributed by atoms with Crippen LogP contribution in [-0.2, 0) is 20.7 Å². The highest BCUT2D eigenvalue weighted by molar-refractivity contribution is 6.24. The number of H-pyrrole nitrogens is 1. The van der Waals surface area contributed by atoms with Crippen LogP contribution in [0.4, 0.5) is 0 Å². The van der Waals surface area contributed by atoms with E-state index in [4.69, 9.17) is 9.84 Å². The highest BCUT2D eigenvalue weighted by Crippen LogP contribution is 2.20. The van der Waals surface area contributed by atoms with E-state index in [0.29, 0.717) is 12.0 Å². The van der Waals surface area contributed by atoms with Gasteiger partial charge >= 0.3 is 5.97 Å². The molecule has 7 heteroatoms. The number of aromatic nitrogens is 1. The molecule has 0 unspecified atom stereocenters. The molecule has 0 atom stereocenters. The number of carboxylic acids is 1. The summed E-state index contributed by atoms with van der Waals surface area (Å²) in [6, 6.07) is 0. The van der Waals surface area contributed by atoms with Gasteiger partial charge in [-0.1, -0.05) is 0 Å². The molecular weight excluding hydrogens is 286 g/mol. The minimum Gasteiger partial charge on any atom is -0.481 e. The number of nitrogens with one attached hydrogen (secondary N) is 2. The SMILES string of the molecule is Cc1c(CCC(=O)O)c[nH]c1C=C1C(=O)NN=C1OC(C)C. The van der Waals surface area contributed by atoms with Crippen molar-refractivity contribution in [3.8, 4) is 0 Å². The Bertz CT molecular complexity index is 656. The van der Waals surface area contributed by atoms with Crippen LogP contribution in [0.15, 0.2) is 16.9 Å². The fourth-order valence-electron chi connectivity index (χ4n) is 2.11. The van der Waals surface area contributed by atoms with E-state index in [1.54, 1.807) is 12.3 Å². The summed E-state index contributed by atoms with van der Waals surface area (Å²) in [5.74, 6) is -0.895. The predicted octanol–water partition coefficient (Wildman–Crippen LogP) is 1.59. The smallest absolute Gasteiger partial charge is 0.303 e. The molecule has 0 fully saturated rings. The first-order valence-electron chi connectivity index (χ1n) is 7.04. The minimum absolute atomic E-state index is 0.0678. The number of aliphatic carboxylic acids is 1. The third kappa shape index (κ3) is 3.55. The molecule has 1 amide bonds. The van der Waals surface area contributed by atoms with Gasteiger partial charge in [-0.05, 0) is 44.4 Å². The first-order valence-corrected chi connectivity index (χ1v) is 7.04. The maximum atomic E-state index is 11.8. The van der Waals surface area contributed by atoms with Crippen LogP contribution in [0.25, 0.3) is 6.08 Å². The number of ether oxygens (including phenoxy) is 1. The molecule has 7 nitrogen and oxygen atoms in total. The topological polar surface area (TPSA) is 104 Å². The molecule has 1 aliphatic rings. The molecule has 0 saturated heterocycles. The van der Waals surface area contributed by atoms with Gasteiger partial charge in [-0.3, -0.25) is 9.59 Å². The van der Waals surface area contributed by atoms with Gasteiger partial charge in [0.15, 0.2) is 0 Å². The summed E-state index contributed by atoms with van der Waals surface area (Å²) in [5, 5.41) is 12.6. The summed E-state index contributed by atoms with van der Waals surface area (Å²) in [6.45, 7) is 5.59. The van der Waals surface area contributed by atoms with Gasteiger partial charge in [-0.25, -0.2) is 5.43 Å². The van der Waals surface area contributed by atoms with Crippen LogP contribution in [0.5, 0.6) is 0 Å². The van der Waals surface area contributed by atoms with Gasteiger partial charge in [-0.2, -0.15) is 0 Å².